The second kappa shape index (κ2) is 7.67. The van der Waals surface area contributed by atoms with Crippen LogP contribution in [0.3, 0.4) is 0 Å². The van der Waals surface area contributed by atoms with Crippen LogP contribution in [0, 0.1) is 0 Å². The lowest BCUT2D eigenvalue weighted by Gasteiger charge is -2.12. The Balaban J connectivity index is 2.50. The van der Waals surface area contributed by atoms with Gasteiger partial charge >= 0.3 is 5.97 Å². The maximum Gasteiger partial charge on any atom is 0.333 e. The zero-order chi connectivity index (χ0) is 13.4. The zero-order valence-electron chi connectivity index (χ0n) is 11.2. The van der Waals surface area contributed by atoms with Gasteiger partial charge in [-0.25, -0.2) is 4.79 Å². The number of hydrogen-bond donors (Lipinski definition) is 0. The van der Waals surface area contributed by atoms with Crippen molar-refractivity contribution < 1.29 is 14.3 Å². The molecule has 0 heterocycles. The molecule has 1 aromatic carbocycles. The van der Waals surface area contributed by atoms with Gasteiger partial charge in [0.2, 0.25) is 0 Å². The van der Waals surface area contributed by atoms with E-state index in [1.54, 1.807) is 6.08 Å². The molecule has 0 aliphatic rings. The molecule has 0 bridgehead atoms. The predicted molar refractivity (Wildman–Crippen MR) is 71.2 cm³/mol. The SMILES string of the molecule is CCC(=CCOC(C)c1ccccc1)C(=O)OC. The smallest absolute Gasteiger partial charge is 0.333 e. The van der Waals surface area contributed by atoms with Gasteiger partial charge in [0.25, 0.3) is 0 Å². The molecule has 98 valence electrons. The van der Waals surface area contributed by atoms with E-state index in [0.717, 1.165) is 5.56 Å². The highest BCUT2D eigenvalue weighted by Crippen LogP contribution is 2.16. The van der Waals surface area contributed by atoms with Crippen LogP contribution >= 0.6 is 0 Å². The molecule has 0 spiro atoms. The number of rotatable bonds is 6. The van der Waals surface area contributed by atoms with E-state index in [0.29, 0.717) is 18.6 Å². The molecule has 0 N–H and O–H groups in total. The van der Waals surface area contributed by atoms with Crippen LogP contribution in [0.1, 0.15) is 31.9 Å². The monoisotopic (exact) mass is 248 g/mol. The van der Waals surface area contributed by atoms with E-state index in [1.165, 1.54) is 7.11 Å². The fourth-order valence-electron chi connectivity index (χ4n) is 1.62. The molecule has 3 nitrogen and oxygen atoms in total. The third kappa shape index (κ3) is 4.34. The van der Waals surface area contributed by atoms with Crippen molar-refractivity contribution in [3.05, 3.63) is 47.5 Å². The number of hydrogen-bond acceptors (Lipinski definition) is 3. The Morgan fingerprint density at radius 2 is 2.00 bits per heavy atom. The van der Waals surface area contributed by atoms with Gasteiger partial charge in [-0.15, -0.1) is 0 Å². The first-order valence-corrected chi connectivity index (χ1v) is 6.13. The van der Waals surface area contributed by atoms with Gasteiger partial charge in [0, 0.05) is 5.57 Å². The van der Waals surface area contributed by atoms with Crippen molar-refractivity contribution in [2.75, 3.05) is 13.7 Å². The number of ether oxygens (including phenoxy) is 2. The summed E-state index contributed by atoms with van der Waals surface area (Å²) in [5.41, 5.74) is 1.78. The molecule has 0 aliphatic heterocycles. The molecule has 0 aromatic heterocycles. The zero-order valence-corrected chi connectivity index (χ0v) is 11.2. The minimum atomic E-state index is -0.284. The van der Waals surface area contributed by atoms with Crippen molar-refractivity contribution >= 4 is 5.97 Å². The minimum absolute atomic E-state index is 0.0122. The standard InChI is InChI=1S/C15H20O3/c1-4-13(15(16)17-3)10-11-18-12(2)14-8-6-5-7-9-14/h5-10,12H,4,11H2,1-3H3. The average Bonchev–Trinajstić information content (AvgIpc) is 2.43. The second-order valence-electron chi connectivity index (χ2n) is 3.96. The quantitative estimate of drug-likeness (QED) is 0.572. The summed E-state index contributed by atoms with van der Waals surface area (Å²) in [7, 11) is 1.39. The lowest BCUT2D eigenvalue weighted by Crippen LogP contribution is -2.06. The highest BCUT2D eigenvalue weighted by molar-refractivity contribution is 5.88. The molecule has 0 saturated heterocycles. The van der Waals surface area contributed by atoms with Gasteiger partial charge in [-0.3, -0.25) is 0 Å². The van der Waals surface area contributed by atoms with E-state index in [2.05, 4.69) is 4.74 Å². The summed E-state index contributed by atoms with van der Waals surface area (Å²) in [5, 5.41) is 0. The number of esters is 1. The van der Waals surface area contributed by atoms with Crippen LogP contribution in [0.15, 0.2) is 42.0 Å². The first-order valence-electron chi connectivity index (χ1n) is 6.13. The van der Waals surface area contributed by atoms with Crippen molar-refractivity contribution in [3.8, 4) is 0 Å². The topological polar surface area (TPSA) is 35.5 Å². The van der Waals surface area contributed by atoms with Gasteiger partial charge in [0.05, 0.1) is 19.8 Å². The maximum absolute atomic E-state index is 11.3. The van der Waals surface area contributed by atoms with Crippen molar-refractivity contribution in [1.29, 1.82) is 0 Å². The van der Waals surface area contributed by atoms with Crippen LogP contribution in [0.25, 0.3) is 0 Å². The van der Waals surface area contributed by atoms with Crippen LogP contribution in [0.4, 0.5) is 0 Å². The third-order valence-corrected chi connectivity index (χ3v) is 2.77. The van der Waals surface area contributed by atoms with Crippen LogP contribution in [-0.4, -0.2) is 19.7 Å². The van der Waals surface area contributed by atoms with E-state index >= 15 is 0 Å². The Morgan fingerprint density at radius 1 is 1.33 bits per heavy atom. The number of carbonyl (C=O) groups excluding carboxylic acids is 1. The van der Waals surface area contributed by atoms with Crippen LogP contribution in [0.2, 0.25) is 0 Å². The Morgan fingerprint density at radius 3 is 2.56 bits per heavy atom. The predicted octanol–water partition coefficient (Wildman–Crippen LogP) is 3.27. The number of methoxy groups -OCH3 is 1. The normalized spacial score (nSPS) is 13.2. The molecular formula is C15H20O3. The molecule has 3 heteroatoms. The van der Waals surface area contributed by atoms with Gasteiger partial charge in [-0.05, 0) is 25.0 Å². The van der Waals surface area contributed by atoms with E-state index in [9.17, 15) is 4.79 Å². The minimum Gasteiger partial charge on any atom is -0.466 e. The fourth-order valence-corrected chi connectivity index (χ4v) is 1.62. The van der Waals surface area contributed by atoms with E-state index in [1.807, 2.05) is 44.2 Å². The molecule has 1 rings (SSSR count). The van der Waals surface area contributed by atoms with E-state index in [-0.39, 0.29) is 12.1 Å². The molecule has 0 amide bonds. The fraction of sp³-hybridized carbons (Fsp3) is 0.400. The van der Waals surface area contributed by atoms with Crippen LogP contribution in [-0.2, 0) is 14.3 Å². The van der Waals surface area contributed by atoms with Crippen molar-refractivity contribution in [1.82, 2.24) is 0 Å². The molecule has 1 unspecified atom stereocenters. The highest BCUT2D eigenvalue weighted by Gasteiger charge is 2.07. The summed E-state index contributed by atoms with van der Waals surface area (Å²) in [5.74, 6) is -0.284. The summed E-state index contributed by atoms with van der Waals surface area (Å²) in [4.78, 5) is 11.3. The van der Waals surface area contributed by atoms with Gasteiger partial charge in [-0.2, -0.15) is 0 Å². The molecule has 0 fully saturated rings. The van der Waals surface area contributed by atoms with Gasteiger partial charge < -0.3 is 9.47 Å². The van der Waals surface area contributed by atoms with E-state index in [4.69, 9.17) is 4.74 Å². The number of benzene rings is 1. The van der Waals surface area contributed by atoms with Gasteiger partial charge in [0.1, 0.15) is 0 Å². The Hall–Kier alpha value is -1.61. The molecule has 18 heavy (non-hydrogen) atoms. The summed E-state index contributed by atoms with van der Waals surface area (Å²) in [6.07, 6.45) is 2.44. The van der Waals surface area contributed by atoms with Crippen LogP contribution in [0.5, 0.6) is 0 Å². The molecule has 0 aliphatic carbocycles. The second-order valence-corrected chi connectivity index (χ2v) is 3.96. The molecule has 1 aromatic rings. The molecule has 0 radical (unpaired) electrons. The lowest BCUT2D eigenvalue weighted by molar-refractivity contribution is -0.136. The molecule has 0 saturated carbocycles. The van der Waals surface area contributed by atoms with Crippen molar-refractivity contribution in [2.45, 2.75) is 26.4 Å². The first kappa shape index (κ1) is 14.5. The lowest BCUT2D eigenvalue weighted by atomic mass is 10.1. The van der Waals surface area contributed by atoms with Gasteiger partial charge in [-0.1, -0.05) is 37.3 Å². The highest BCUT2D eigenvalue weighted by atomic mass is 16.5. The van der Waals surface area contributed by atoms with Crippen molar-refractivity contribution in [2.24, 2.45) is 0 Å². The summed E-state index contributed by atoms with van der Waals surface area (Å²) >= 11 is 0. The summed E-state index contributed by atoms with van der Waals surface area (Å²) in [6, 6.07) is 9.99. The maximum atomic E-state index is 11.3. The van der Waals surface area contributed by atoms with Crippen LogP contribution < -0.4 is 0 Å². The third-order valence-electron chi connectivity index (χ3n) is 2.77. The van der Waals surface area contributed by atoms with Crippen molar-refractivity contribution in [3.63, 3.8) is 0 Å². The van der Waals surface area contributed by atoms with Gasteiger partial charge in [0.15, 0.2) is 0 Å². The Kier molecular flexibility index (Phi) is 6.15. The number of carbonyl (C=O) groups is 1. The Bertz CT molecular complexity index is 395. The molecule has 1 atom stereocenters. The largest absolute Gasteiger partial charge is 0.466 e. The summed E-state index contributed by atoms with van der Waals surface area (Å²) < 4.78 is 10.4. The Labute approximate surface area is 108 Å². The average molecular weight is 248 g/mol. The molecular weight excluding hydrogens is 228 g/mol. The summed E-state index contributed by atoms with van der Waals surface area (Å²) in [6.45, 7) is 4.32. The van der Waals surface area contributed by atoms with E-state index < -0.39 is 0 Å². The first-order chi connectivity index (χ1) is 8.69.